The van der Waals surface area contributed by atoms with Crippen LogP contribution in [0.2, 0.25) is 5.02 Å². The normalized spacial score (nSPS) is 21.3. The first kappa shape index (κ1) is 14.9. The van der Waals surface area contributed by atoms with Gasteiger partial charge in [-0.1, -0.05) is 17.7 Å². The molecule has 1 saturated heterocycles. The molecule has 2 aliphatic rings. The van der Waals surface area contributed by atoms with Gasteiger partial charge in [0.1, 0.15) is 6.04 Å². The van der Waals surface area contributed by atoms with E-state index < -0.39 is 0 Å². The number of hydrogen-bond donors (Lipinski definition) is 2. The van der Waals surface area contributed by atoms with Gasteiger partial charge in [-0.2, -0.15) is 0 Å². The molecule has 1 fully saturated rings. The molecular weight excluding hydrogens is 310 g/mol. The summed E-state index contributed by atoms with van der Waals surface area (Å²) < 4.78 is 1.31. The van der Waals surface area contributed by atoms with Crippen LogP contribution in [0.3, 0.4) is 0 Å². The van der Waals surface area contributed by atoms with E-state index in [2.05, 4.69) is 28.4 Å². The van der Waals surface area contributed by atoms with E-state index in [4.69, 9.17) is 11.6 Å². The van der Waals surface area contributed by atoms with Crippen LogP contribution >= 0.6 is 11.6 Å². The van der Waals surface area contributed by atoms with E-state index in [0.29, 0.717) is 0 Å². The maximum Gasteiger partial charge on any atom is 0.258 e. The second kappa shape index (κ2) is 6.11. The SMILES string of the molecule is O[n+]1cccc2c1C(N1CCNCC1)c1ccc(Cl)cc1CC2. The molecule has 1 aromatic heterocycles. The standard InChI is InChI=1S/C18H21ClN3O/c19-15-5-6-16-14(12-15)4-3-13-2-1-9-22(23)17(13)18(16)21-10-7-20-8-11-21/h1-2,5-6,9,12,18,20,23H,3-4,7-8,10-11H2/q+1. The third-order valence-electron chi connectivity index (χ3n) is 4.94. The van der Waals surface area contributed by atoms with Crippen molar-refractivity contribution in [3.63, 3.8) is 0 Å². The molecule has 2 heterocycles. The van der Waals surface area contributed by atoms with Crippen LogP contribution in [0, 0.1) is 0 Å². The van der Waals surface area contributed by atoms with E-state index in [0.717, 1.165) is 49.7 Å². The molecule has 0 radical (unpaired) electrons. The molecule has 120 valence electrons. The molecule has 5 heteroatoms. The maximum absolute atomic E-state index is 10.5. The molecule has 4 rings (SSSR count). The minimum Gasteiger partial charge on any atom is -0.314 e. The van der Waals surface area contributed by atoms with Crippen molar-refractivity contribution in [3.8, 4) is 0 Å². The third-order valence-corrected chi connectivity index (χ3v) is 5.17. The Morgan fingerprint density at radius 2 is 1.91 bits per heavy atom. The molecule has 0 spiro atoms. The van der Waals surface area contributed by atoms with Gasteiger partial charge in [-0.25, -0.2) is 0 Å². The van der Waals surface area contributed by atoms with Crippen molar-refractivity contribution in [2.75, 3.05) is 26.2 Å². The predicted octanol–water partition coefficient (Wildman–Crippen LogP) is 1.96. The van der Waals surface area contributed by atoms with Gasteiger partial charge in [-0.15, -0.1) is 0 Å². The van der Waals surface area contributed by atoms with Crippen LogP contribution in [0.15, 0.2) is 36.5 Å². The van der Waals surface area contributed by atoms with Gasteiger partial charge in [-0.3, -0.25) is 10.1 Å². The van der Waals surface area contributed by atoms with Crippen molar-refractivity contribution in [2.45, 2.75) is 18.9 Å². The Balaban J connectivity index is 1.90. The molecule has 2 N–H and O–H groups in total. The molecule has 0 bridgehead atoms. The van der Waals surface area contributed by atoms with Gasteiger partial charge in [0, 0.05) is 47.6 Å². The topological polar surface area (TPSA) is 39.4 Å². The van der Waals surface area contributed by atoms with E-state index in [1.165, 1.54) is 21.4 Å². The van der Waals surface area contributed by atoms with Gasteiger partial charge < -0.3 is 5.32 Å². The van der Waals surface area contributed by atoms with Gasteiger partial charge >= 0.3 is 0 Å². The lowest BCUT2D eigenvalue weighted by Crippen LogP contribution is -2.49. The number of hydrogen-bond acceptors (Lipinski definition) is 3. The lowest BCUT2D eigenvalue weighted by molar-refractivity contribution is -0.911. The van der Waals surface area contributed by atoms with Crippen LogP contribution in [0.5, 0.6) is 0 Å². The highest BCUT2D eigenvalue weighted by molar-refractivity contribution is 6.30. The average Bonchev–Trinajstić information content (AvgIpc) is 2.73. The number of aromatic nitrogens is 1. The number of nitrogens with zero attached hydrogens (tertiary/aromatic N) is 2. The number of aryl methyl sites for hydroxylation is 2. The zero-order valence-electron chi connectivity index (χ0n) is 13.0. The second-order valence-corrected chi connectivity index (χ2v) is 6.73. The zero-order valence-corrected chi connectivity index (χ0v) is 13.8. The molecule has 2 aromatic rings. The summed E-state index contributed by atoms with van der Waals surface area (Å²) in [5.41, 5.74) is 4.77. The Morgan fingerprint density at radius 1 is 1.13 bits per heavy atom. The number of halogens is 1. The van der Waals surface area contributed by atoms with E-state index in [1.807, 2.05) is 12.1 Å². The van der Waals surface area contributed by atoms with Crippen molar-refractivity contribution >= 4 is 11.6 Å². The minimum absolute atomic E-state index is 0.0769. The fraction of sp³-hybridized carbons (Fsp3) is 0.389. The molecule has 1 aliphatic heterocycles. The van der Waals surface area contributed by atoms with Crippen LogP contribution < -0.4 is 10.0 Å². The van der Waals surface area contributed by atoms with E-state index >= 15 is 0 Å². The number of rotatable bonds is 1. The summed E-state index contributed by atoms with van der Waals surface area (Å²) in [6.45, 7) is 3.90. The van der Waals surface area contributed by atoms with Crippen molar-refractivity contribution in [1.29, 1.82) is 0 Å². The van der Waals surface area contributed by atoms with Crippen LogP contribution in [0.4, 0.5) is 0 Å². The lowest BCUT2D eigenvalue weighted by Gasteiger charge is -2.33. The van der Waals surface area contributed by atoms with Crippen molar-refractivity contribution in [1.82, 2.24) is 10.2 Å². The molecule has 1 aromatic carbocycles. The van der Waals surface area contributed by atoms with E-state index in [9.17, 15) is 5.21 Å². The zero-order chi connectivity index (χ0) is 15.8. The number of benzene rings is 1. The van der Waals surface area contributed by atoms with Crippen molar-refractivity contribution < 1.29 is 9.94 Å². The number of piperazine rings is 1. The van der Waals surface area contributed by atoms with Crippen LogP contribution in [0.1, 0.15) is 28.4 Å². The fourth-order valence-electron chi connectivity index (χ4n) is 3.85. The summed E-state index contributed by atoms with van der Waals surface area (Å²) in [4.78, 5) is 2.46. The Bertz CT molecular complexity index is 728. The summed E-state index contributed by atoms with van der Waals surface area (Å²) in [5.74, 6) is 0. The summed E-state index contributed by atoms with van der Waals surface area (Å²) in [6, 6.07) is 10.3. The molecule has 23 heavy (non-hydrogen) atoms. The minimum atomic E-state index is 0.0769. The van der Waals surface area contributed by atoms with Gasteiger partial charge in [0.25, 0.3) is 5.69 Å². The summed E-state index contributed by atoms with van der Waals surface area (Å²) >= 11 is 6.23. The first-order chi connectivity index (χ1) is 11.2. The summed E-state index contributed by atoms with van der Waals surface area (Å²) in [7, 11) is 0. The lowest BCUT2D eigenvalue weighted by atomic mass is 9.96. The summed E-state index contributed by atoms with van der Waals surface area (Å²) in [6.07, 6.45) is 3.61. The van der Waals surface area contributed by atoms with E-state index in [1.54, 1.807) is 6.20 Å². The Labute approximate surface area is 141 Å². The Hall–Kier alpha value is -1.62. The van der Waals surface area contributed by atoms with E-state index in [-0.39, 0.29) is 6.04 Å². The quantitative estimate of drug-likeness (QED) is 0.620. The number of pyridine rings is 1. The van der Waals surface area contributed by atoms with Crippen molar-refractivity contribution in [2.24, 2.45) is 0 Å². The largest absolute Gasteiger partial charge is 0.314 e. The highest BCUT2D eigenvalue weighted by Gasteiger charge is 2.37. The highest BCUT2D eigenvalue weighted by Crippen LogP contribution is 2.36. The summed E-state index contributed by atoms with van der Waals surface area (Å²) in [5, 5.41) is 14.7. The second-order valence-electron chi connectivity index (χ2n) is 6.29. The molecule has 0 amide bonds. The van der Waals surface area contributed by atoms with Crippen LogP contribution in [-0.2, 0) is 12.8 Å². The fourth-order valence-corrected chi connectivity index (χ4v) is 4.04. The predicted molar refractivity (Wildman–Crippen MR) is 89.0 cm³/mol. The van der Waals surface area contributed by atoms with Gasteiger partial charge in [0.15, 0.2) is 0 Å². The first-order valence-corrected chi connectivity index (χ1v) is 8.57. The van der Waals surface area contributed by atoms with Gasteiger partial charge in [-0.05, 0) is 42.2 Å². The van der Waals surface area contributed by atoms with Crippen LogP contribution in [0.25, 0.3) is 0 Å². The van der Waals surface area contributed by atoms with Crippen molar-refractivity contribution in [3.05, 3.63) is 63.9 Å². The van der Waals surface area contributed by atoms with Gasteiger partial charge in [0.05, 0.1) is 0 Å². The molecule has 1 atom stereocenters. The average molecular weight is 331 g/mol. The Morgan fingerprint density at radius 3 is 2.74 bits per heavy atom. The van der Waals surface area contributed by atoms with Crippen LogP contribution in [-0.4, -0.2) is 36.3 Å². The molecule has 4 nitrogen and oxygen atoms in total. The first-order valence-electron chi connectivity index (χ1n) is 8.20. The Kier molecular flexibility index (Phi) is 3.97. The molecule has 1 aliphatic carbocycles. The molecular formula is C18H21ClN3O+. The maximum atomic E-state index is 10.5. The molecule has 0 saturated carbocycles. The highest BCUT2D eigenvalue weighted by atomic mass is 35.5. The third kappa shape index (κ3) is 2.71. The molecule has 1 unspecified atom stereocenters. The number of nitrogens with one attached hydrogen (secondary N) is 1. The monoisotopic (exact) mass is 330 g/mol. The smallest absolute Gasteiger partial charge is 0.258 e. The number of fused-ring (bicyclic) bond motifs is 2. The van der Waals surface area contributed by atoms with Gasteiger partial charge in [0.2, 0.25) is 6.20 Å².